The van der Waals surface area contributed by atoms with E-state index < -0.39 is 88.5 Å². The number of carbonyl (C=O) groups is 5. The van der Waals surface area contributed by atoms with Gasteiger partial charge in [-0.1, -0.05) is 58.0 Å². The number of alkyl carbamates (subject to hydrolysis) is 1. The van der Waals surface area contributed by atoms with Crippen molar-refractivity contribution in [1.82, 2.24) is 14.9 Å². The lowest BCUT2D eigenvalue weighted by Crippen LogP contribution is -2.53. The molecular weight excluding hydrogens is 797 g/mol. The van der Waals surface area contributed by atoms with Crippen LogP contribution in [0.5, 0.6) is 0 Å². The molecule has 1 saturated heterocycles. The molecule has 0 bridgehead atoms. The Hall–Kier alpha value is -4.74. The predicted molar refractivity (Wildman–Crippen MR) is 224 cm³/mol. The summed E-state index contributed by atoms with van der Waals surface area (Å²) in [4.78, 5) is 65.3. The topological polar surface area (TPSA) is 205 Å². The molecule has 60 heavy (non-hydrogen) atoms. The van der Waals surface area contributed by atoms with Gasteiger partial charge in [-0.25, -0.2) is 22.8 Å². The molecule has 1 aliphatic heterocycles. The van der Waals surface area contributed by atoms with Crippen LogP contribution in [0.2, 0.25) is 0 Å². The minimum absolute atomic E-state index is 0.000127. The molecule has 0 unspecified atom stereocenters. The summed E-state index contributed by atoms with van der Waals surface area (Å²) < 4.78 is 57.8. The summed E-state index contributed by atoms with van der Waals surface area (Å²) >= 11 is 0. The highest BCUT2D eigenvalue weighted by Crippen LogP contribution is 2.23. The van der Waals surface area contributed by atoms with Gasteiger partial charge in [-0.2, -0.15) is 4.31 Å². The Morgan fingerprint density at radius 1 is 0.817 bits per heavy atom. The second-order valence-corrected chi connectivity index (χ2v) is 19.5. The molecule has 0 aliphatic carbocycles. The monoisotopic (exact) mass is 860 g/mol. The maximum absolute atomic E-state index is 14.4. The van der Waals surface area contributed by atoms with Crippen LogP contribution in [0.4, 0.5) is 15.3 Å². The van der Waals surface area contributed by atoms with Crippen molar-refractivity contribution in [3.8, 4) is 0 Å². The number of ether oxygens (including phenoxy) is 5. The Bertz CT molecular complexity index is 1840. The Morgan fingerprint density at radius 3 is 2.00 bits per heavy atom. The summed E-state index contributed by atoms with van der Waals surface area (Å²) in [5, 5.41) is 8.07. The average molecular weight is 861 g/mol. The second-order valence-electron chi connectivity index (χ2n) is 17.5. The molecule has 1 fully saturated rings. The van der Waals surface area contributed by atoms with Crippen LogP contribution in [0.25, 0.3) is 0 Å². The number of hydrogen-bond acceptors (Lipinski definition) is 12. The molecule has 3 rings (SSSR count). The van der Waals surface area contributed by atoms with E-state index in [1.807, 2.05) is 32.0 Å². The maximum atomic E-state index is 14.4. The molecule has 0 spiro atoms. The number of nitrogens with zero attached hydrogens (tertiary/aromatic N) is 1. The molecule has 3 amide bonds. The molecule has 0 aromatic heterocycles. The van der Waals surface area contributed by atoms with Gasteiger partial charge in [0.15, 0.2) is 0 Å². The number of esters is 2. The number of amides is 3. The van der Waals surface area contributed by atoms with Crippen LogP contribution >= 0.6 is 0 Å². The fourth-order valence-corrected chi connectivity index (χ4v) is 7.66. The van der Waals surface area contributed by atoms with Crippen molar-refractivity contribution in [3.63, 3.8) is 0 Å². The Balaban J connectivity index is 1.95. The summed E-state index contributed by atoms with van der Waals surface area (Å²) in [7, 11) is -4.29. The van der Waals surface area contributed by atoms with Gasteiger partial charge in [0.05, 0.1) is 37.1 Å². The van der Waals surface area contributed by atoms with Gasteiger partial charge in [-0.05, 0) is 89.6 Å². The maximum Gasteiger partial charge on any atom is 0.412 e. The highest BCUT2D eigenvalue weighted by Gasteiger charge is 2.36. The Labute approximate surface area is 354 Å². The molecule has 2 aromatic rings. The van der Waals surface area contributed by atoms with Crippen LogP contribution in [0.1, 0.15) is 94.1 Å². The minimum Gasteiger partial charge on any atom is -0.459 e. The third-order valence-corrected chi connectivity index (χ3v) is 10.6. The number of anilines is 1. The summed E-state index contributed by atoms with van der Waals surface area (Å²) in [6.07, 6.45) is -3.47. The van der Waals surface area contributed by atoms with E-state index in [-0.39, 0.29) is 42.7 Å². The third kappa shape index (κ3) is 17.5. The molecule has 16 nitrogen and oxygen atoms in total. The zero-order valence-corrected chi connectivity index (χ0v) is 37.4. The van der Waals surface area contributed by atoms with Crippen molar-refractivity contribution in [2.75, 3.05) is 31.6 Å². The van der Waals surface area contributed by atoms with Gasteiger partial charge in [0.25, 0.3) is 0 Å². The van der Waals surface area contributed by atoms with E-state index in [2.05, 4.69) is 16.0 Å². The first-order chi connectivity index (χ1) is 27.9. The lowest BCUT2D eigenvalue weighted by atomic mass is 10.0. The van der Waals surface area contributed by atoms with E-state index in [1.54, 1.807) is 67.5 Å². The Kier molecular flexibility index (Phi) is 18.4. The molecule has 1 aliphatic rings. The number of carbonyl (C=O) groups excluding carboxylic acids is 5. The van der Waals surface area contributed by atoms with Crippen LogP contribution in [0, 0.1) is 11.8 Å². The first-order valence-corrected chi connectivity index (χ1v) is 21.8. The van der Waals surface area contributed by atoms with Gasteiger partial charge < -0.3 is 34.3 Å². The van der Waals surface area contributed by atoms with Gasteiger partial charge in [0.2, 0.25) is 15.9 Å². The molecule has 4 atom stereocenters. The molecule has 0 radical (unpaired) electrons. The number of nitrogens with one attached hydrogen (secondary N) is 3. The van der Waals surface area contributed by atoms with E-state index >= 15 is 0 Å². The third-order valence-electron chi connectivity index (χ3n) is 8.78. The molecule has 17 heteroatoms. The number of rotatable bonds is 19. The van der Waals surface area contributed by atoms with Crippen LogP contribution < -0.4 is 16.0 Å². The molecule has 334 valence electrons. The van der Waals surface area contributed by atoms with E-state index in [9.17, 15) is 32.4 Å². The first-order valence-electron chi connectivity index (χ1n) is 20.3. The van der Waals surface area contributed by atoms with Crippen molar-refractivity contribution in [2.24, 2.45) is 11.8 Å². The normalized spacial score (nSPS) is 16.1. The molecule has 1 heterocycles. The largest absolute Gasteiger partial charge is 0.459 e. The average Bonchev–Trinajstić information content (AvgIpc) is 3.63. The van der Waals surface area contributed by atoms with Crippen LogP contribution in [-0.4, -0.2) is 105 Å². The second kappa shape index (κ2) is 22.2. The van der Waals surface area contributed by atoms with Gasteiger partial charge in [0.1, 0.15) is 29.5 Å². The number of hydrogen-bond donors (Lipinski definition) is 3. The van der Waals surface area contributed by atoms with E-state index in [0.717, 1.165) is 5.56 Å². The quantitative estimate of drug-likeness (QED) is 0.110. The lowest BCUT2D eigenvalue weighted by Gasteiger charge is -2.33. The fourth-order valence-electron chi connectivity index (χ4n) is 6.04. The first kappa shape index (κ1) is 49.6. The van der Waals surface area contributed by atoms with Crippen molar-refractivity contribution in [3.05, 3.63) is 60.2 Å². The molecule has 3 N–H and O–H groups in total. The van der Waals surface area contributed by atoms with E-state index in [0.29, 0.717) is 18.7 Å². The number of sulfonamides is 1. The van der Waals surface area contributed by atoms with Gasteiger partial charge in [-0.3, -0.25) is 14.9 Å². The SMILES string of the molecule is CC(C)CN(C[C@@H](OC(=O)CCC(=O)N[C@H](C(=O)OC(C)(C)C)C(C)C)[C@H](Cc1ccccc1)NC(=O)O[C@H]1CCOC1)S(=O)(=O)c1ccc(NC(=O)OC(C)(C)C)cc1. The van der Waals surface area contributed by atoms with Crippen molar-refractivity contribution in [1.29, 1.82) is 0 Å². The zero-order chi connectivity index (χ0) is 44.8. The van der Waals surface area contributed by atoms with Crippen molar-refractivity contribution in [2.45, 2.75) is 135 Å². The van der Waals surface area contributed by atoms with Crippen LogP contribution in [0.15, 0.2) is 59.5 Å². The number of benzene rings is 2. The van der Waals surface area contributed by atoms with Crippen molar-refractivity contribution < 1.29 is 56.1 Å². The standard InChI is InChI=1S/C43H64N4O12S/c1-28(2)25-47(60(53,54)33-18-16-31(17-19-33)44-41(52)59-43(8,9)10)26-35(34(24-30-14-12-11-13-15-30)45-40(51)56-32-22-23-55-27-32)57-37(49)21-20-36(48)46-38(29(3)4)39(50)58-42(5,6)7/h11-19,28-29,32,34-35,38H,20-27H2,1-10H3,(H,44,52)(H,45,51)(H,46,48)/t32-,34-,35+,38-/m0/s1. The molecular formula is C43H64N4O12S. The van der Waals surface area contributed by atoms with Gasteiger partial charge >= 0.3 is 24.1 Å². The van der Waals surface area contributed by atoms with Gasteiger partial charge in [0, 0.05) is 25.1 Å². The highest BCUT2D eigenvalue weighted by atomic mass is 32.2. The van der Waals surface area contributed by atoms with Gasteiger partial charge in [-0.15, -0.1) is 0 Å². The Morgan fingerprint density at radius 2 is 1.45 bits per heavy atom. The highest BCUT2D eigenvalue weighted by molar-refractivity contribution is 7.89. The summed E-state index contributed by atoms with van der Waals surface area (Å²) in [6.45, 7) is 17.7. The van der Waals surface area contributed by atoms with E-state index in [1.165, 1.54) is 28.6 Å². The van der Waals surface area contributed by atoms with Crippen LogP contribution in [-0.2, 0) is 54.5 Å². The van der Waals surface area contributed by atoms with Crippen molar-refractivity contribution >= 4 is 45.7 Å². The minimum atomic E-state index is -4.29. The molecule has 0 saturated carbocycles. The smallest absolute Gasteiger partial charge is 0.412 e. The summed E-state index contributed by atoms with van der Waals surface area (Å²) in [5.74, 6) is -2.56. The summed E-state index contributed by atoms with van der Waals surface area (Å²) in [5.41, 5.74) is -0.474. The van der Waals surface area contributed by atoms with E-state index in [4.69, 9.17) is 23.7 Å². The molecule has 2 aromatic carbocycles. The van der Waals surface area contributed by atoms with Crippen LogP contribution in [0.3, 0.4) is 0 Å². The summed E-state index contributed by atoms with van der Waals surface area (Å²) in [6, 6.07) is 12.6. The predicted octanol–water partition coefficient (Wildman–Crippen LogP) is 5.98. The fraction of sp³-hybridized carbons (Fsp3) is 0.605. The lowest BCUT2D eigenvalue weighted by molar-refractivity contribution is -0.160. The zero-order valence-electron chi connectivity index (χ0n) is 36.6.